The van der Waals surface area contributed by atoms with E-state index in [1.54, 1.807) is 0 Å². The van der Waals surface area contributed by atoms with Crippen molar-refractivity contribution in [2.24, 2.45) is 5.41 Å². The van der Waals surface area contributed by atoms with E-state index in [1.807, 2.05) is 38.1 Å². The highest BCUT2D eigenvalue weighted by atomic mass is 79.9. The smallest absolute Gasteiger partial charge is 0.303 e. The average molecular weight is 356 g/mol. The quantitative estimate of drug-likeness (QED) is 0.750. The predicted octanol–water partition coefficient (Wildman–Crippen LogP) is 3.39. The third-order valence-corrected chi connectivity index (χ3v) is 3.95. The maximum atomic E-state index is 11.8. The Labute approximate surface area is 134 Å². The van der Waals surface area contributed by atoms with E-state index in [4.69, 9.17) is 5.11 Å². The molecule has 4 nitrogen and oxygen atoms in total. The number of carbonyl (C=O) groups excluding carboxylic acids is 1. The summed E-state index contributed by atoms with van der Waals surface area (Å²) >= 11 is 3.36. The summed E-state index contributed by atoms with van der Waals surface area (Å²) < 4.78 is 0.992. The Bertz CT molecular complexity index is 483. The summed E-state index contributed by atoms with van der Waals surface area (Å²) in [5.74, 6) is -0.784. The number of nitrogens with one attached hydrogen (secondary N) is 1. The summed E-state index contributed by atoms with van der Waals surface area (Å²) in [5, 5.41) is 11.6. The number of hydrogen-bond acceptors (Lipinski definition) is 2. The topological polar surface area (TPSA) is 66.4 Å². The SMILES string of the molecule is CC(C)(CCNC(=O)Cc1ccc(Br)cc1)CCC(=O)O. The number of halogens is 1. The fourth-order valence-corrected chi connectivity index (χ4v) is 2.23. The first-order valence-electron chi connectivity index (χ1n) is 7.01. The highest BCUT2D eigenvalue weighted by molar-refractivity contribution is 9.10. The first-order chi connectivity index (χ1) is 9.78. The number of carbonyl (C=O) groups is 2. The Hall–Kier alpha value is -1.36. The number of amides is 1. The van der Waals surface area contributed by atoms with Crippen LogP contribution in [-0.2, 0) is 16.0 Å². The van der Waals surface area contributed by atoms with Crippen molar-refractivity contribution in [1.29, 1.82) is 0 Å². The molecule has 0 aliphatic carbocycles. The zero-order chi connectivity index (χ0) is 15.9. The lowest BCUT2D eigenvalue weighted by Crippen LogP contribution is -2.29. The zero-order valence-corrected chi connectivity index (χ0v) is 14.1. The first kappa shape index (κ1) is 17.7. The Balaban J connectivity index is 2.29. The number of carboxylic acids is 1. The van der Waals surface area contributed by atoms with Crippen molar-refractivity contribution in [1.82, 2.24) is 5.32 Å². The lowest BCUT2D eigenvalue weighted by Gasteiger charge is -2.23. The third kappa shape index (κ3) is 7.85. The van der Waals surface area contributed by atoms with Crippen molar-refractivity contribution < 1.29 is 14.7 Å². The maximum Gasteiger partial charge on any atom is 0.303 e. The molecule has 0 fully saturated rings. The molecule has 0 heterocycles. The molecule has 0 bridgehead atoms. The van der Waals surface area contributed by atoms with Gasteiger partial charge in [-0.2, -0.15) is 0 Å². The summed E-state index contributed by atoms with van der Waals surface area (Å²) in [7, 11) is 0. The normalized spacial score (nSPS) is 11.2. The van der Waals surface area contributed by atoms with Crippen LogP contribution >= 0.6 is 15.9 Å². The second kappa shape index (κ2) is 8.17. The van der Waals surface area contributed by atoms with Crippen LogP contribution in [0.1, 0.15) is 38.7 Å². The lowest BCUT2D eigenvalue weighted by molar-refractivity contribution is -0.137. The minimum absolute atomic E-state index is 0.00800. The minimum atomic E-state index is -0.776. The molecule has 116 valence electrons. The Kier molecular flexibility index (Phi) is 6.89. The highest BCUT2D eigenvalue weighted by Gasteiger charge is 2.19. The summed E-state index contributed by atoms with van der Waals surface area (Å²) in [5.41, 5.74) is 0.893. The van der Waals surface area contributed by atoms with Crippen LogP contribution in [0.2, 0.25) is 0 Å². The number of hydrogen-bond donors (Lipinski definition) is 2. The van der Waals surface area contributed by atoms with Crippen LogP contribution in [0.5, 0.6) is 0 Å². The van der Waals surface area contributed by atoms with Crippen LogP contribution in [-0.4, -0.2) is 23.5 Å². The van der Waals surface area contributed by atoms with Crippen molar-refractivity contribution in [3.8, 4) is 0 Å². The van der Waals surface area contributed by atoms with Gasteiger partial charge in [0.1, 0.15) is 0 Å². The van der Waals surface area contributed by atoms with Crippen molar-refractivity contribution in [2.45, 2.75) is 39.5 Å². The van der Waals surface area contributed by atoms with Gasteiger partial charge < -0.3 is 10.4 Å². The van der Waals surface area contributed by atoms with Crippen LogP contribution < -0.4 is 5.32 Å². The molecule has 0 aromatic heterocycles. The molecular weight excluding hydrogens is 334 g/mol. The fourth-order valence-electron chi connectivity index (χ4n) is 1.96. The van der Waals surface area contributed by atoms with E-state index in [0.717, 1.165) is 16.5 Å². The maximum absolute atomic E-state index is 11.8. The molecule has 5 heteroatoms. The molecule has 0 aliphatic heterocycles. The summed E-state index contributed by atoms with van der Waals surface area (Å²) in [6, 6.07) is 7.66. The molecule has 1 aromatic carbocycles. The van der Waals surface area contributed by atoms with Gasteiger partial charge in [-0.1, -0.05) is 41.9 Å². The molecule has 0 saturated carbocycles. The molecule has 1 aromatic rings. The van der Waals surface area contributed by atoms with Gasteiger partial charge >= 0.3 is 5.97 Å². The molecule has 0 unspecified atom stereocenters. The summed E-state index contributed by atoms with van der Waals surface area (Å²) in [6.45, 7) is 4.62. The van der Waals surface area contributed by atoms with E-state index in [2.05, 4.69) is 21.2 Å². The summed E-state index contributed by atoms with van der Waals surface area (Å²) in [4.78, 5) is 22.4. The largest absolute Gasteiger partial charge is 0.481 e. The van der Waals surface area contributed by atoms with Crippen molar-refractivity contribution in [2.75, 3.05) is 6.54 Å². The molecule has 2 N–H and O–H groups in total. The van der Waals surface area contributed by atoms with Crippen LogP contribution in [0, 0.1) is 5.41 Å². The second-order valence-corrected chi connectivity index (χ2v) is 6.88. The monoisotopic (exact) mass is 355 g/mol. The van der Waals surface area contributed by atoms with Gasteiger partial charge in [-0.05, 0) is 36.0 Å². The van der Waals surface area contributed by atoms with E-state index in [9.17, 15) is 9.59 Å². The predicted molar refractivity (Wildman–Crippen MR) is 86.1 cm³/mol. The van der Waals surface area contributed by atoms with Gasteiger partial charge in [0.2, 0.25) is 5.91 Å². The van der Waals surface area contributed by atoms with Gasteiger partial charge in [0.25, 0.3) is 0 Å². The molecule has 21 heavy (non-hydrogen) atoms. The minimum Gasteiger partial charge on any atom is -0.481 e. The van der Waals surface area contributed by atoms with Crippen molar-refractivity contribution >= 4 is 27.8 Å². The zero-order valence-electron chi connectivity index (χ0n) is 12.5. The Morgan fingerprint density at radius 1 is 1.19 bits per heavy atom. The fraction of sp³-hybridized carbons (Fsp3) is 0.500. The number of carboxylic acid groups (broad SMARTS) is 1. The van der Waals surface area contributed by atoms with E-state index in [0.29, 0.717) is 19.4 Å². The van der Waals surface area contributed by atoms with Crippen LogP contribution in [0.3, 0.4) is 0 Å². The van der Waals surface area contributed by atoms with Crippen LogP contribution in [0.4, 0.5) is 0 Å². The van der Waals surface area contributed by atoms with Gasteiger partial charge in [0.05, 0.1) is 6.42 Å². The van der Waals surface area contributed by atoms with E-state index >= 15 is 0 Å². The molecule has 0 saturated heterocycles. The van der Waals surface area contributed by atoms with Crippen molar-refractivity contribution in [3.63, 3.8) is 0 Å². The number of aliphatic carboxylic acids is 1. The first-order valence-corrected chi connectivity index (χ1v) is 7.81. The Morgan fingerprint density at radius 2 is 1.81 bits per heavy atom. The molecule has 1 amide bonds. The Morgan fingerprint density at radius 3 is 2.38 bits per heavy atom. The number of benzene rings is 1. The molecule has 0 aliphatic rings. The third-order valence-electron chi connectivity index (χ3n) is 3.42. The van der Waals surface area contributed by atoms with E-state index in [-0.39, 0.29) is 17.7 Å². The van der Waals surface area contributed by atoms with Gasteiger partial charge in [-0.25, -0.2) is 0 Å². The van der Waals surface area contributed by atoms with E-state index in [1.165, 1.54) is 0 Å². The van der Waals surface area contributed by atoms with Gasteiger partial charge in [-0.3, -0.25) is 9.59 Å². The molecule has 0 radical (unpaired) electrons. The summed E-state index contributed by atoms with van der Waals surface area (Å²) in [6.07, 6.45) is 1.92. The van der Waals surface area contributed by atoms with Gasteiger partial charge in [0.15, 0.2) is 0 Å². The van der Waals surface area contributed by atoms with Crippen LogP contribution in [0.25, 0.3) is 0 Å². The molecule has 1 rings (SSSR count). The van der Waals surface area contributed by atoms with Gasteiger partial charge in [-0.15, -0.1) is 0 Å². The number of rotatable bonds is 8. The molecular formula is C16H22BrNO3. The van der Waals surface area contributed by atoms with Gasteiger partial charge in [0, 0.05) is 17.4 Å². The molecule has 0 spiro atoms. The lowest BCUT2D eigenvalue weighted by atomic mass is 9.84. The van der Waals surface area contributed by atoms with Crippen LogP contribution in [0.15, 0.2) is 28.7 Å². The van der Waals surface area contributed by atoms with Crippen molar-refractivity contribution in [3.05, 3.63) is 34.3 Å². The second-order valence-electron chi connectivity index (χ2n) is 5.96. The standard InChI is InChI=1S/C16H22BrNO3/c1-16(2,8-7-15(20)21)9-10-18-14(19)11-12-3-5-13(17)6-4-12/h3-6H,7-11H2,1-2H3,(H,18,19)(H,20,21). The molecule has 0 atom stereocenters. The highest BCUT2D eigenvalue weighted by Crippen LogP contribution is 2.25. The average Bonchev–Trinajstić information content (AvgIpc) is 2.39. The van der Waals surface area contributed by atoms with E-state index < -0.39 is 5.97 Å².